The lowest BCUT2D eigenvalue weighted by Gasteiger charge is -2.22. The first kappa shape index (κ1) is 20.5. The third-order valence-electron chi connectivity index (χ3n) is 4.33. The van der Waals surface area contributed by atoms with Crippen molar-refractivity contribution in [2.45, 2.75) is 77.2 Å². The van der Waals surface area contributed by atoms with E-state index in [2.05, 4.69) is 13.5 Å². The van der Waals surface area contributed by atoms with E-state index in [1.54, 1.807) is 0 Å². The fourth-order valence-electron chi connectivity index (χ4n) is 2.95. The summed E-state index contributed by atoms with van der Waals surface area (Å²) in [5.74, 6) is -0.300. The number of hydrogen-bond acceptors (Lipinski definition) is 4. The van der Waals surface area contributed by atoms with E-state index >= 15 is 0 Å². The first-order valence-corrected chi connectivity index (χ1v) is 9.41. The Morgan fingerprint density at radius 1 is 1.08 bits per heavy atom. The first-order valence-electron chi connectivity index (χ1n) is 9.41. The Morgan fingerprint density at radius 2 is 1.75 bits per heavy atom. The van der Waals surface area contributed by atoms with Crippen molar-refractivity contribution in [1.29, 1.82) is 0 Å². The number of carbonyl (C=O) groups excluding carboxylic acids is 2. The van der Waals surface area contributed by atoms with E-state index in [1.165, 1.54) is 49.5 Å². The molecule has 24 heavy (non-hydrogen) atoms. The smallest absolute Gasteiger partial charge is 0.410 e. The highest BCUT2D eigenvalue weighted by atomic mass is 16.6. The van der Waals surface area contributed by atoms with Gasteiger partial charge in [-0.05, 0) is 19.3 Å². The molecule has 1 heterocycles. The van der Waals surface area contributed by atoms with Crippen molar-refractivity contribution in [1.82, 2.24) is 4.90 Å². The lowest BCUT2D eigenvalue weighted by molar-refractivity contribution is -0.148. The third kappa shape index (κ3) is 7.84. The maximum Gasteiger partial charge on any atom is 0.410 e. The molecule has 0 aliphatic carbocycles. The number of hydrogen-bond donors (Lipinski definition) is 0. The normalized spacial score (nSPS) is 16.9. The summed E-state index contributed by atoms with van der Waals surface area (Å²) in [6, 6.07) is -0.489. The van der Waals surface area contributed by atoms with Gasteiger partial charge in [-0.2, -0.15) is 0 Å². The van der Waals surface area contributed by atoms with E-state index in [4.69, 9.17) is 9.47 Å². The fourth-order valence-corrected chi connectivity index (χ4v) is 2.95. The summed E-state index contributed by atoms with van der Waals surface area (Å²) in [6.07, 6.45) is 12.2. The van der Waals surface area contributed by atoms with Gasteiger partial charge in [0.15, 0.2) is 0 Å². The predicted octanol–water partition coefficient (Wildman–Crippen LogP) is 4.46. The van der Waals surface area contributed by atoms with Crippen molar-refractivity contribution in [2.24, 2.45) is 0 Å². The molecule has 1 fully saturated rings. The molecule has 1 aliphatic heterocycles. The quantitative estimate of drug-likeness (QED) is 0.299. The summed E-state index contributed by atoms with van der Waals surface area (Å²) in [6.45, 7) is 6.89. The number of unbranched alkanes of at least 4 members (excludes halogenated alkanes) is 7. The molecule has 0 bridgehead atoms. The Kier molecular flexibility index (Phi) is 11.0. The van der Waals surface area contributed by atoms with Gasteiger partial charge >= 0.3 is 12.1 Å². The number of likely N-dealkylation sites (tertiary alicyclic amines) is 1. The Hall–Kier alpha value is -1.52. The zero-order valence-electron chi connectivity index (χ0n) is 15.1. The molecule has 0 radical (unpaired) electrons. The van der Waals surface area contributed by atoms with Gasteiger partial charge < -0.3 is 9.47 Å². The van der Waals surface area contributed by atoms with Gasteiger partial charge in [-0.1, -0.05) is 64.5 Å². The van der Waals surface area contributed by atoms with E-state index < -0.39 is 12.1 Å². The van der Waals surface area contributed by atoms with Gasteiger partial charge in [-0.25, -0.2) is 9.59 Å². The summed E-state index contributed by atoms with van der Waals surface area (Å²) in [4.78, 5) is 25.5. The molecule has 0 aromatic heterocycles. The molecule has 5 nitrogen and oxygen atoms in total. The maximum atomic E-state index is 12.1. The summed E-state index contributed by atoms with van der Waals surface area (Å²) < 4.78 is 10.4. The van der Waals surface area contributed by atoms with Crippen LogP contribution in [0, 0.1) is 0 Å². The Bertz CT molecular complexity index is 384. The molecule has 1 aliphatic rings. The highest BCUT2D eigenvalue weighted by molar-refractivity contribution is 5.82. The number of nitrogens with zero attached hydrogens (tertiary/aromatic N) is 1. The van der Waals surface area contributed by atoms with Gasteiger partial charge in [-0.15, -0.1) is 0 Å². The Balaban J connectivity index is 2.13. The van der Waals surface area contributed by atoms with Crippen molar-refractivity contribution >= 4 is 12.1 Å². The fraction of sp³-hybridized carbons (Fsp3) is 0.789. The second-order valence-electron chi connectivity index (χ2n) is 6.36. The third-order valence-corrected chi connectivity index (χ3v) is 4.33. The molecular weight excluding hydrogens is 306 g/mol. The zero-order chi connectivity index (χ0) is 17.6. The largest absolute Gasteiger partial charge is 0.464 e. The molecule has 0 aromatic rings. The van der Waals surface area contributed by atoms with Crippen molar-refractivity contribution in [3.05, 3.63) is 12.7 Å². The van der Waals surface area contributed by atoms with Crippen LogP contribution >= 0.6 is 0 Å². The van der Waals surface area contributed by atoms with Gasteiger partial charge in [0.25, 0.3) is 0 Å². The standard InChI is InChI=1S/C19H33NO4/c1-3-5-6-7-8-9-10-11-16-23-18(21)17-13-12-14-20(17)19(22)24-15-4-2/h4,17H,2-3,5-16H2,1H3. The Morgan fingerprint density at radius 3 is 2.42 bits per heavy atom. The van der Waals surface area contributed by atoms with Crippen molar-refractivity contribution in [3.63, 3.8) is 0 Å². The molecule has 1 rings (SSSR count). The molecule has 0 spiro atoms. The molecule has 1 unspecified atom stereocenters. The number of rotatable bonds is 12. The van der Waals surface area contributed by atoms with Crippen LogP contribution in [0.25, 0.3) is 0 Å². The number of esters is 1. The first-order chi connectivity index (χ1) is 11.7. The molecule has 5 heteroatoms. The SMILES string of the molecule is C=CCOC(=O)N1CCCC1C(=O)OCCCCCCCCCC. The summed E-state index contributed by atoms with van der Waals surface area (Å²) >= 11 is 0. The van der Waals surface area contributed by atoms with Crippen LogP contribution in [0.1, 0.15) is 71.1 Å². The van der Waals surface area contributed by atoms with Crippen LogP contribution in [0.2, 0.25) is 0 Å². The van der Waals surface area contributed by atoms with E-state index in [1.807, 2.05) is 0 Å². The number of ether oxygens (including phenoxy) is 2. The zero-order valence-corrected chi connectivity index (χ0v) is 15.1. The van der Waals surface area contributed by atoms with Crippen LogP contribution in [0.15, 0.2) is 12.7 Å². The molecule has 1 saturated heterocycles. The van der Waals surface area contributed by atoms with Crippen LogP contribution < -0.4 is 0 Å². The monoisotopic (exact) mass is 339 g/mol. The van der Waals surface area contributed by atoms with Gasteiger partial charge in [0.2, 0.25) is 0 Å². The minimum Gasteiger partial charge on any atom is -0.464 e. The maximum absolute atomic E-state index is 12.1. The second-order valence-corrected chi connectivity index (χ2v) is 6.36. The molecule has 0 N–H and O–H groups in total. The lowest BCUT2D eigenvalue weighted by Crippen LogP contribution is -2.41. The highest BCUT2D eigenvalue weighted by Gasteiger charge is 2.36. The predicted molar refractivity (Wildman–Crippen MR) is 94.8 cm³/mol. The van der Waals surface area contributed by atoms with E-state index in [0.717, 1.165) is 19.3 Å². The highest BCUT2D eigenvalue weighted by Crippen LogP contribution is 2.19. The second kappa shape index (κ2) is 12.8. The van der Waals surface area contributed by atoms with Crippen LogP contribution in [-0.2, 0) is 14.3 Å². The average Bonchev–Trinajstić information content (AvgIpc) is 3.08. The van der Waals surface area contributed by atoms with E-state index in [-0.39, 0.29) is 12.6 Å². The van der Waals surface area contributed by atoms with Crippen LogP contribution in [0.4, 0.5) is 4.79 Å². The summed E-state index contributed by atoms with van der Waals surface area (Å²) in [7, 11) is 0. The van der Waals surface area contributed by atoms with E-state index in [0.29, 0.717) is 19.6 Å². The average molecular weight is 339 g/mol. The van der Waals surface area contributed by atoms with Crippen molar-refractivity contribution in [3.8, 4) is 0 Å². The molecule has 0 saturated carbocycles. The number of amides is 1. The van der Waals surface area contributed by atoms with Gasteiger partial charge in [-0.3, -0.25) is 4.90 Å². The van der Waals surface area contributed by atoms with E-state index in [9.17, 15) is 9.59 Å². The van der Waals surface area contributed by atoms with Crippen molar-refractivity contribution < 1.29 is 19.1 Å². The summed E-state index contributed by atoms with van der Waals surface area (Å²) in [5.41, 5.74) is 0. The minimum atomic E-state index is -0.489. The van der Waals surface area contributed by atoms with Crippen LogP contribution in [-0.4, -0.2) is 42.8 Å². The topological polar surface area (TPSA) is 55.8 Å². The molecular formula is C19H33NO4. The molecule has 1 atom stereocenters. The van der Waals surface area contributed by atoms with Crippen LogP contribution in [0.3, 0.4) is 0 Å². The molecule has 1 amide bonds. The Labute approximate surface area is 146 Å². The van der Waals surface area contributed by atoms with Gasteiger partial charge in [0, 0.05) is 6.54 Å². The van der Waals surface area contributed by atoms with Gasteiger partial charge in [0.05, 0.1) is 6.61 Å². The molecule has 0 aromatic carbocycles. The van der Waals surface area contributed by atoms with Gasteiger partial charge in [0.1, 0.15) is 12.6 Å². The van der Waals surface area contributed by atoms with Crippen LogP contribution in [0.5, 0.6) is 0 Å². The number of carbonyl (C=O) groups is 2. The lowest BCUT2D eigenvalue weighted by atomic mass is 10.1. The van der Waals surface area contributed by atoms with Crippen molar-refractivity contribution in [2.75, 3.05) is 19.8 Å². The minimum absolute atomic E-state index is 0.162. The summed E-state index contributed by atoms with van der Waals surface area (Å²) in [5, 5.41) is 0. The molecule has 138 valence electrons.